The van der Waals surface area contributed by atoms with Crippen LogP contribution in [0, 0.1) is 0 Å². The maximum Gasteiger partial charge on any atom is 0.309 e. The number of likely N-dealkylation sites (N-methyl/N-ethyl adjacent to an activating group) is 1. The van der Waals surface area contributed by atoms with Gasteiger partial charge in [0.15, 0.2) is 0 Å². The quantitative estimate of drug-likeness (QED) is 0.753. The van der Waals surface area contributed by atoms with Crippen LogP contribution >= 0.6 is 11.3 Å². The van der Waals surface area contributed by atoms with Crippen molar-refractivity contribution in [2.45, 2.75) is 12.5 Å². The van der Waals surface area contributed by atoms with E-state index in [1.165, 1.54) is 0 Å². The fraction of sp³-hybridized carbons (Fsp3) is 0.333. The summed E-state index contributed by atoms with van der Waals surface area (Å²) in [4.78, 5) is 25.8. The molecular formula is C18H23N3O2S. The third-order valence-electron chi connectivity index (χ3n) is 3.76. The summed E-state index contributed by atoms with van der Waals surface area (Å²) in [5, 5.41) is 9.43. The molecule has 0 aliphatic rings. The molecule has 0 spiro atoms. The second-order valence-corrected chi connectivity index (χ2v) is 6.52. The van der Waals surface area contributed by atoms with E-state index in [0.29, 0.717) is 19.5 Å². The highest BCUT2D eigenvalue weighted by Gasteiger charge is 2.18. The smallest absolute Gasteiger partial charge is 0.309 e. The molecule has 0 fully saturated rings. The lowest BCUT2D eigenvalue weighted by atomic mass is 10.1. The van der Waals surface area contributed by atoms with Gasteiger partial charge in [0.1, 0.15) is 0 Å². The maximum absolute atomic E-state index is 11.9. The highest BCUT2D eigenvalue weighted by molar-refractivity contribution is 7.07. The lowest BCUT2D eigenvalue weighted by molar-refractivity contribution is -0.139. The van der Waals surface area contributed by atoms with Gasteiger partial charge in [0.05, 0.1) is 6.04 Å². The second-order valence-electron chi connectivity index (χ2n) is 5.74. The van der Waals surface area contributed by atoms with E-state index in [1.54, 1.807) is 11.3 Å². The molecule has 2 aromatic rings. The van der Waals surface area contributed by atoms with Crippen LogP contribution < -0.4 is 10.6 Å². The van der Waals surface area contributed by atoms with Crippen LogP contribution in [-0.2, 0) is 16.0 Å². The first-order chi connectivity index (χ1) is 11.6. The third kappa shape index (κ3) is 5.47. The average molecular weight is 345 g/mol. The predicted octanol–water partition coefficient (Wildman–Crippen LogP) is 1.83. The molecule has 1 atom stereocenters. The second kappa shape index (κ2) is 9.20. The van der Waals surface area contributed by atoms with E-state index in [4.69, 9.17) is 0 Å². The van der Waals surface area contributed by atoms with Crippen molar-refractivity contribution in [3.05, 3.63) is 58.3 Å². The van der Waals surface area contributed by atoms with Crippen LogP contribution in [0.1, 0.15) is 17.2 Å². The van der Waals surface area contributed by atoms with Gasteiger partial charge in [0.2, 0.25) is 0 Å². The van der Waals surface area contributed by atoms with Crippen molar-refractivity contribution in [2.24, 2.45) is 0 Å². The van der Waals surface area contributed by atoms with E-state index in [2.05, 4.69) is 16.0 Å². The highest BCUT2D eigenvalue weighted by atomic mass is 32.1. The molecule has 128 valence electrons. The molecule has 2 rings (SSSR count). The van der Waals surface area contributed by atoms with Crippen molar-refractivity contribution in [3.8, 4) is 0 Å². The van der Waals surface area contributed by atoms with Gasteiger partial charge in [0.25, 0.3) is 0 Å². The predicted molar refractivity (Wildman–Crippen MR) is 96.9 cm³/mol. The molecule has 24 heavy (non-hydrogen) atoms. The van der Waals surface area contributed by atoms with Gasteiger partial charge in [-0.05, 0) is 48.5 Å². The van der Waals surface area contributed by atoms with Crippen molar-refractivity contribution < 1.29 is 9.59 Å². The monoisotopic (exact) mass is 345 g/mol. The van der Waals surface area contributed by atoms with E-state index in [-0.39, 0.29) is 6.04 Å². The summed E-state index contributed by atoms with van der Waals surface area (Å²) in [5.74, 6) is -1.18. The topological polar surface area (TPSA) is 61.4 Å². The summed E-state index contributed by atoms with van der Waals surface area (Å²) in [6.07, 6.45) is 0.703. The minimum absolute atomic E-state index is 0.0531. The Kier molecular flexibility index (Phi) is 6.96. The Bertz CT molecular complexity index is 642. The Morgan fingerprint density at radius 3 is 2.42 bits per heavy atom. The number of nitrogens with one attached hydrogen (secondary N) is 2. The van der Waals surface area contributed by atoms with E-state index >= 15 is 0 Å². The van der Waals surface area contributed by atoms with Crippen LogP contribution in [0.4, 0.5) is 0 Å². The molecule has 1 heterocycles. The standard InChI is InChI=1S/C18H23N3O2S/c1-21(2)16(15-9-11-24-13-15)12-20-18(23)17(22)19-10-8-14-6-4-3-5-7-14/h3-7,9,11,13,16H,8,10,12H2,1-2H3,(H,19,22)(H,20,23)/t16-/m1/s1. The molecule has 0 saturated heterocycles. The Balaban J connectivity index is 1.75. The maximum atomic E-state index is 11.9. The molecule has 0 aliphatic carbocycles. The fourth-order valence-corrected chi connectivity index (χ4v) is 3.09. The number of carbonyl (C=O) groups is 2. The van der Waals surface area contributed by atoms with Crippen LogP contribution in [0.2, 0.25) is 0 Å². The van der Waals surface area contributed by atoms with Gasteiger partial charge in [-0.25, -0.2) is 0 Å². The summed E-state index contributed by atoms with van der Waals surface area (Å²) >= 11 is 1.62. The largest absolute Gasteiger partial charge is 0.348 e. The van der Waals surface area contributed by atoms with Gasteiger partial charge in [0, 0.05) is 13.1 Å². The first kappa shape index (κ1) is 18.2. The van der Waals surface area contributed by atoms with E-state index < -0.39 is 11.8 Å². The van der Waals surface area contributed by atoms with Crippen LogP contribution in [0.5, 0.6) is 0 Å². The normalized spacial score (nSPS) is 12.0. The zero-order valence-corrected chi connectivity index (χ0v) is 14.8. The number of hydrogen-bond donors (Lipinski definition) is 2. The average Bonchev–Trinajstić information content (AvgIpc) is 3.09. The molecule has 5 nitrogen and oxygen atoms in total. The molecule has 0 aliphatic heterocycles. The summed E-state index contributed by atoms with van der Waals surface area (Å²) in [7, 11) is 3.91. The van der Waals surface area contributed by atoms with Crippen LogP contribution in [0.25, 0.3) is 0 Å². The number of carbonyl (C=O) groups excluding carboxylic acids is 2. The van der Waals surface area contributed by atoms with Crippen molar-refractivity contribution in [2.75, 3.05) is 27.2 Å². The van der Waals surface area contributed by atoms with Crippen molar-refractivity contribution in [1.82, 2.24) is 15.5 Å². The number of nitrogens with zero attached hydrogens (tertiary/aromatic N) is 1. The minimum atomic E-state index is -0.592. The van der Waals surface area contributed by atoms with Gasteiger partial charge < -0.3 is 15.5 Å². The van der Waals surface area contributed by atoms with Crippen LogP contribution in [-0.4, -0.2) is 43.9 Å². The SMILES string of the molecule is CN(C)[C@H](CNC(=O)C(=O)NCCc1ccccc1)c1ccsc1. The number of benzene rings is 1. The molecule has 2 N–H and O–H groups in total. The molecule has 0 unspecified atom stereocenters. The summed E-state index contributed by atoms with van der Waals surface area (Å²) in [6, 6.07) is 11.9. The Labute approximate surface area is 146 Å². The lowest BCUT2D eigenvalue weighted by Crippen LogP contribution is -2.43. The van der Waals surface area contributed by atoms with Crippen molar-refractivity contribution in [3.63, 3.8) is 0 Å². The molecular weight excluding hydrogens is 322 g/mol. The number of hydrogen-bond acceptors (Lipinski definition) is 4. The molecule has 6 heteroatoms. The molecule has 0 bridgehead atoms. The summed E-state index contributed by atoms with van der Waals surface area (Å²) in [5.41, 5.74) is 2.26. The molecule has 0 radical (unpaired) electrons. The van der Waals surface area contributed by atoms with Crippen LogP contribution in [0.3, 0.4) is 0 Å². The number of thiophene rings is 1. The molecule has 1 aromatic heterocycles. The van der Waals surface area contributed by atoms with Crippen molar-refractivity contribution in [1.29, 1.82) is 0 Å². The number of rotatable bonds is 7. The van der Waals surface area contributed by atoms with Gasteiger partial charge >= 0.3 is 11.8 Å². The molecule has 1 aromatic carbocycles. The zero-order chi connectivity index (χ0) is 17.4. The van der Waals surface area contributed by atoms with Gasteiger partial charge in [-0.1, -0.05) is 30.3 Å². The molecule has 0 saturated carbocycles. The Morgan fingerprint density at radius 1 is 1.08 bits per heavy atom. The third-order valence-corrected chi connectivity index (χ3v) is 4.46. The first-order valence-electron chi connectivity index (χ1n) is 7.86. The van der Waals surface area contributed by atoms with Gasteiger partial charge in [-0.3, -0.25) is 9.59 Å². The fourth-order valence-electron chi connectivity index (χ4n) is 2.38. The van der Waals surface area contributed by atoms with Crippen molar-refractivity contribution >= 4 is 23.2 Å². The Hall–Kier alpha value is -2.18. The summed E-state index contributed by atoms with van der Waals surface area (Å²) < 4.78 is 0. The first-order valence-corrected chi connectivity index (χ1v) is 8.80. The van der Waals surface area contributed by atoms with Gasteiger partial charge in [-0.15, -0.1) is 0 Å². The molecule has 2 amide bonds. The minimum Gasteiger partial charge on any atom is -0.348 e. The summed E-state index contributed by atoms with van der Waals surface area (Å²) in [6.45, 7) is 0.840. The number of amides is 2. The van der Waals surface area contributed by atoms with Crippen LogP contribution in [0.15, 0.2) is 47.2 Å². The van der Waals surface area contributed by atoms with E-state index in [1.807, 2.05) is 60.8 Å². The van der Waals surface area contributed by atoms with E-state index in [9.17, 15) is 9.59 Å². The lowest BCUT2D eigenvalue weighted by Gasteiger charge is -2.23. The van der Waals surface area contributed by atoms with Gasteiger partial charge in [-0.2, -0.15) is 11.3 Å². The Morgan fingerprint density at radius 2 is 1.79 bits per heavy atom. The highest BCUT2D eigenvalue weighted by Crippen LogP contribution is 2.19. The zero-order valence-electron chi connectivity index (χ0n) is 14.0. The van der Waals surface area contributed by atoms with E-state index in [0.717, 1.165) is 11.1 Å².